The fourth-order valence-corrected chi connectivity index (χ4v) is 2.17. The monoisotopic (exact) mass is 313 g/mol. The molecule has 0 bridgehead atoms. The summed E-state index contributed by atoms with van der Waals surface area (Å²) in [4.78, 5) is 23.0. The standard InChI is InChI=1S/C14H19N3O3.ClH/c15-13(18)9-20-12-6-2-1-5-11(12)14(19)17-10-4-3-7-16-8-10;/h1-2,5-6,10,16H,3-4,7-9H2,(H2,15,18)(H,17,19);1H/t10-;/m0./s1. The molecule has 1 saturated heterocycles. The number of hydrogen-bond acceptors (Lipinski definition) is 4. The number of amides is 2. The van der Waals surface area contributed by atoms with E-state index in [-0.39, 0.29) is 31.0 Å². The minimum atomic E-state index is -0.573. The highest BCUT2D eigenvalue weighted by Gasteiger charge is 2.18. The molecule has 0 radical (unpaired) electrons. The summed E-state index contributed by atoms with van der Waals surface area (Å²) < 4.78 is 5.26. The van der Waals surface area contributed by atoms with Crippen molar-refractivity contribution < 1.29 is 14.3 Å². The van der Waals surface area contributed by atoms with Crippen LogP contribution in [0.25, 0.3) is 0 Å². The van der Waals surface area contributed by atoms with Gasteiger partial charge in [-0.3, -0.25) is 9.59 Å². The van der Waals surface area contributed by atoms with Crippen LogP contribution in [0.15, 0.2) is 24.3 Å². The number of ether oxygens (including phenoxy) is 1. The highest BCUT2D eigenvalue weighted by molar-refractivity contribution is 5.97. The second-order valence-electron chi connectivity index (χ2n) is 4.77. The number of carbonyl (C=O) groups excluding carboxylic acids is 2. The van der Waals surface area contributed by atoms with Crippen LogP contribution in [0.3, 0.4) is 0 Å². The number of rotatable bonds is 5. The molecule has 0 saturated carbocycles. The number of piperidine rings is 1. The van der Waals surface area contributed by atoms with Crippen molar-refractivity contribution in [2.75, 3.05) is 19.7 Å². The average Bonchev–Trinajstić information content (AvgIpc) is 2.46. The van der Waals surface area contributed by atoms with Gasteiger partial charge in [-0.25, -0.2) is 0 Å². The molecule has 1 atom stereocenters. The predicted molar refractivity (Wildman–Crippen MR) is 81.7 cm³/mol. The molecule has 1 aromatic rings. The summed E-state index contributed by atoms with van der Waals surface area (Å²) >= 11 is 0. The normalized spacial score (nSPS) is 17.4. The highest BCUT2D eigenvalue weighted by atomic mass is 35.5. The Morgan fingerprint density at radius 1 is 1.38 bits per heavy atom. The molecule has 0 spiro atoms. The predicted octanol–water partition coefficient (Wildman–Crippen LogP) is 0.454. The molecule has 1 fully saturated rings. The van der Waals surface area contributed by atoms with Crippen molar-refractivity contribution in [3.8, 4) is 5.75 Å². The number of hydrogen-bond donors (Lipinski definition) is 3. The fraction of sp³-hybridized carbons (Fsp3) is 0.429. The van der Waals surface area contributed by atoms with Gasteiger partial charge in [-0.05, 0) is 31.5 Å². The Hall–Kier alpha value is -1.79. The molecule has 1 heterocycles. The molecule has 2 amide bonds. The number of nitrogens with one attached hydrogen (secondary N) is 2. The molecule has 1 aliphatic rings. The lowest BCUT2D eigenvalue weighted by atomic mass is 10.1. The van der Waals surface area contributed by atoms with E-state index in [4.69, 9.17) is 10.5 Å². The average molecular weight is 314 g/mol. The number of benzene rings is 1. The quantitative estimate of drug-likeness (QED) is 0.736. The van der Waals surface area contributed by atoms with Gasteiger partial charge >= 0.3 is 0 Å². The smallest absolute Gasteiger partial charge is 0.255 e. The molecule has 1 aromatic carbocycles. The summed E-state index contributed by atoms with van der Waals surface area (Å²) in [7, 11) is 0. The van der Waals surface area contributed by atoms with E-state index in [1.54, 1.807) is 24.3 Å². The molecular formula is C14H20ClN3O3. The van der Waals surface area contributed by atoms with E-state index in [1.807, 2.05) is 0 Å². The molecule has 6 nitrogen and oxygen atoms in total. The second-order valence-corrected chi connectivity index (χ2v) is 4.77. The summed E-state index contributed by atoms with van der Waals surface area (Å²) in [5, 5.41) is 6.20. The first-order chi connectivity index (χ1) is 9.66. The molecule has 4 N–H and O–H groups in total. The zero-order valence-corrected chi connectivity index (χ0v) is 12.4. The minimum absolute atomic E-state index is 0. The maximum atomic E-state index is 12.2. The lowest BCUT2D eigenvalue weighted by Crippen LogP contribution is -2.45. The van der Waals surface area contributed by atoms with E-state index in [1.165, 1.54) is 0 Å². The molecule has 0 aromatic heterocycles. The van der Waals surface area contributed by atoms with Crippen molar-refractivity contribution in [1.82, 2.24) is 10.6 Å². The number of carbonyl (C=O) groups is 2. The fourth-order valence-electron chi connectivity index (χ4n) is 2.17. The van der Waals surface area contributed by atoms with E-state index in [0.29, 0.717) is 11.3 Å². The van der Waals surface area contributed by atoms with Crippen molar-refractivity contribution in [1.29, 1.82) is 0 Å². The zero-order chi connectivity index (χ0) is 14.4. The van der Waals surface area contributed by atoms with Crippen LogP contribution in [0.5, 0.6) is 5.75 Å². The third-order valence-electron chi connectivity index (χ3n) is 3.13. The zero-order valence-electron chi connectivity index (χ0n) is 11.6. The Kier molecular flexibility index (Phi) is 6.98. The first kappa shape index (κ1) is 17.3. The SMILES string of the molecule is Cl.NC(=O)COc1ccccc1C(=O)N[C@H]1CCCNC1. The van der Waals surface area contributed by atoms with Crippen molar-refractivity contribution in [2.45, 2.75) is 18.9 Å². The number of nitrogens with two attached hydrogens (primary N) is 1. The lowest BCUT2D eigenvalue weighted by Gasteiger charge is -2.24. The van der Waals surface area contributed by atoms with Crippen molar-refractivity contribution in [2.24, 2.45) is 5.73 Å². The molecular weight excluding hydrogens is 294 g/mol. The third kappa shape index (κ3) is 5.24. The van der Waals surface area contributed by atoms with Crippen LogP contribution >= 0.6 is 12.4 Å². The van der Waals surface area contributed by atoms with E-state index in [2.05, 4.69) is 10.6 Å². The number of primary amides is 1. The maximum Gasteiger partial charge on any atom is 0.255 e. The second kappa shape index (κ2) is 8.49. The molecule has 0 aliphatic carbocycles. The third-order valence-corrected chi connectivity index (χ3v) is 3.13. The minimum Gasteiger partial charge on any atom is -0.483 e. The van der Waals surface area contributed by atoms with Crippen molar-refractivity contribution in [3.05, 3.63) is 29.8 Å². The van der Waals surface area contributed by atoms with Gasteiger partial charge in [-0.15, -0.1) is 12.4 Å². The molecule has 0 unspecified atom stereocenters. The van der Waals surface area contributed by atoms with Crippen LogP contribution in [-0.2, 0) is 4.79 Å². The Bertz CT molecular complexity index is 490. The summed E-state index contributed by atoms with van der Waals surface area (Å²) in [5.74, 6) is -0.400. The lowest BCUT2D eigenvalue weighted by molar-refractivity contribution is -0.119. The van der Waals surface area contributed by atoms with Gasteiger partial charge in [0.1, 0.15) is 5.75 Å². The van der Waals surface area contributed by atoms with Gasteiger partial charge in [0.15, 0.2) is 6.61 Å². The van der Waals surface area contributed by atoms with Crippen LogP contribution in [0.4, 0.5) is 0 Å². The molecule has 21 heavy (non-hydrogen) atoms. The Morgan fingerprint density at radius 2 is 2.14 bits per heavy atom. The largest absolute Gasteiger partial charge is 0.483 e. The highest BCUT2D eigenvalue weighted by Crippen LogP contribution is 2.18. The van der Waals surface area contributed by atoms with Gasteiger partial charge < -0.3 is 21.1 Å². The Balaban J connectivity index is 0.00000220. The van der Waals surface area contributed by atoms with Crippen LogP contribution in [0.1, 0.15) is 23.2 Å². The molecule has 7 heteroatoms. The molecule has 116 valence electrons. The van der Waals surface area contributed by atoms with Crippen molar-refractivity contribution >= 4 is 24.2 Å². The van der Waals surface area contributed by atoms with Crippen LogP contribution in [-0.4, -0.2) is 37.6 Å². The van der Waals surface area contributed by atoms with Gasteiger partial charge in [0.2, 0.25) is 0 Å². The van der Waals surface area contributed by atoms with Crippen LogP contribution in [0.2, 0.25) is 0 Å². The van der Waals surface area contributed by atoms with Gasteiger partial charge in [-0.2, -0.15) is 0 Å². The first-order valence-electron chi connectivity index (χ1n) is 6.68. The Labute approximate surface area is 129 Å². The van der Waals surface area contributed by atoms with E-state index in [0.717, 1.165) is 25.9 Å². The van der Waals surface area contributed by atoms with Gasteiger partial charge in [0.05, 0.1) is 5.56 Å². The molecule has 1 aliphatic heterocycles. The molecule has 2 rings (SSSR count). The first-order valence-corrected chi connectivity index (χ1v) is 6.68. The van der Waals surface area contributed by atoms with Crippen molar-refractivity contribution in [3.63, 3.8) is 0 Å². The summed E-state index contributed by atoms with van der Waals surface area (Å²) in [6.07, 6.45) is 2.01. The number of para-hydroxylation sites is 1. The van der Waals surface area contributed by atoms with Crippen LogP contribution in [0, 0.1) is 0 Å². The number of halogens is 1. The maximum absolute atomic E-state index is 12.2. The van der Waals surface area contributed by atoms with Gasteiger partial charge in [0, 0.05) is 12.6 Å². The summed E-state index contributed by atoms with van der Waals surface area (Å²) in [6, 6.07) is 6.94. The van der Waals surface area contributed by atoms with E-state index >= 15 is 0 Å². The topological polar surface area (TPSA) is 93.5 Å². The summed E-state index contributed by atoms with van der Waals surface area (Å²) in [5.41, 5.74) is 5.46. The summed E-state index contributed by atoms with van der Waals surface area (Å²) in [6.45, 7) is 1.52. The van der Waals surface area contributed by atoms with Gasteiger partial charge in [0.25, 0.3) is 11.8 Å². The van der Waals surface area contributed by atoms with E-state index in [9.17, 15) is 9.59 Å². The van der Waals surface area contributed by atoms with Crippen LogP contribution < -0.4 is 21.1 Å². The van der Waals surface area contributed by atoms with E-state index < -0.39 is 5.91 Å². The Morgan fingerprint density at radius 3 is 2.81 bits per heavy atom. The van der Waals surface area contributed by atoms with Gasteiger partial charge in [-0.1, -0.05) is 12.1 Å².